The van der Waals surface area contributed by atoms with Crippen LogP contribution in [0.2, 0.25) is 0 Å². The van der Waals surface area contributed by atoms with Crippen molar-refractivity contribution in [3.05, 3.63) is 95.8 Å². The maximum atomic E-state index is 13.0. The number of carbonyl (C=O) groups excluding carboxylic acids is 1. The normalized spacial score (nSPS) is 10.3. The molecular weight excluding hydrogens is 263 g/mol. The fourth-order valence-corrected chi connectivity index (χ4v) is 2.31. The van der Waals surface area contributed by atoms with E-state index < -0.39 is 0 Å². The molecule has 0 amide bonds. The molecule has 1 nitrogen and oxygen atoms in total. The zero-order valence-electron chi connectivity index (χ0n) is 11.3. The van der Waals surface area contributed by atoms with Crippen molar-refractivity contribution in [1.29, 1.82) is 0 Å². The van der Waals surface area contributed by atoms with Crippen LogP contribution in [0.4, 0.5) is 4.39 Å². The number of ketones is 1. The van der Waals surface area contributed by atoms with Crippen LogP contribution in [0.15, 0.2) is 78.9 Å². The molecule has 0 saturated carbocycles. The molecule has 3 aromatic rings. The van der Waals surface area contributed by atoms with Gasteiger partial charge in [0.1, 0.15) is 5.82 Å². The van der Waals surface area contributed by atoms with Crippen molar-refractivity contribution in [3.63, 3.8) is 0 Å². The fourth-order valence-electron chi connectivity index (χ4n) is 2.31. The number of hydrogen-bond donors (Lipinski definition) is 0. The van der Waals surface area contributed by atoms with Gasteiger partial charge in [-0.1, -0.05) is 54.6 Å². The summed E-state index contributed by atoms with van der Waals surface area (Å²) in [5, 5.41) is 0. The lowest BCUT2D eigenvalue weighted by molar-refractivity contribution is 0.103. The first kappa shape index (κ1) is 13.3. The van der Waals surface area contributed by atoms with E-state index in [9.17, 15) is 9.18 Å². The lowest BCUT2D eigenvalue weighted by Gasteiger charge is -2.09. The smallest absolute Gasteiger partial charge is 0.193 e. The summed E-state index contributed by atoms with van der Waals surface area (Å²) >= 11 is 0. The van der Waals surface area contributed by atoms with Gasteiger partial charge in [-0.3, -0.25) is 4.79 Å². The molecule has 102 valence electrons. The molecule has 3 aromatic carbocycles. The summed E-state index contributed by atoms with van der Waals surface area (Å²) in [7, 11) is 0. The van der Waals surface area contributed by atoms with Crippen LogP contribution in [0.1, 0.15) is 15.9 Å². The van der Waals surface area contributed by atoms with E-state index in [1.54, 1.807) is 6.07 Å². The third-order valence-electron chi connectivity index (χ3n) is 3.36. The number of hydrogen-bond acceptors (Lipinski definition) is 1. The molecule has 0 heterocycles. The van der Waals surface area contributed by atoms with Crippen molar-refractivity contribution in [3.8, 4) is 11.1 Å². The van der Waals surface area contributed by atoms with Crippen LogP contribution in [0, 0.1) is 5.82 Å². The third kappa shape index (κ3) is 2.75. The molecule has 0 saturated heterocycles. The van der Waals surface area contributed by atoms with Crippen LogP contribution in [0.3, 0.4) is 0 Å². The Labute approximate surface area is 122 Å². The molecule has 3 rings (SSSR count). The van der Waals surface area contributed by atoms with E-state index in [0.29, 0.717) is 11.1 Å². The first-order valence-electron chi connectivity index (χ1n) is 6.70. The average molecular weight is 276 g/mol. The summed E-state index contributed by atoms with van der Waals surface area (Å²) in [4.78, 5) is 12.6. The largest absolute Gasteiger partial charge is 0.289 e. The number of benzene rings is 3. The molecule has 0 N–H and O–H groups in total. The average Bonchev–Trinajstić information content (AvgIpc) is 2.56. The quantitative estimate of drug-likeness (QED) is 0.632. The predicted molar refractivity (Wildman–Crippen MR) is 81.7 cm³/mol. The Morgan fingerprint density at radius 1 is 0.714 bits per heavy atom. The summed E-state index contributed by atoms with van der Waals surface area (Å²) in [6.07, 6.45) is 0. The molecule has 0 unspecified atom stereocenters. The predicted octanol–water partition coefficient (Wildman–Crippen LogP) is 4.72. The van der Waals surface area contributed by atoms with Gasteiger partial charge < -0.3 is 0 Å². The van der Waals surface area contributed by atoms with Crippen LogP contribution < -0.4 is 0 Å². The summed E-state index contributed by atoms with van der Waals surface area (Å²) < 4.78 is 13.0. The van der Waals surface area contributed by atoms with E-state index in [0.717, 1.165) is 11.1 Å². The molecule has 0 aliphatic rings. The monoisotopic (exact) mass is 276 g/mol. The molecule has 0 aliphatic heterocycles. The van der Waals surface area contributed by atoms with Crippen LogP contribution in [0.5, 0.6) is 0 Å². The highest BCUT2D eigenvalue weighted by molar-refractivity contribution is 6.12. The molecule has 0 bridgehead atoms. The lowest BCUT2D eigenvalue weighted by atomic mass is 9.94. The van der Waals surface area contributed by atoms with Gasteiger partial charge in [-0.15, -0.1) is 0 Å². The van der Waals surface area contributed by atoms with Gasteiger partial charge in [0.25, 0.3) is 0 Å². The van der Waals surface area contributed by atoms with E-state index in [2.05, 4.69) is 0 Å². The molecule has 0 radical (unpaired) electrons. The van der Waals surface area contributed by atoms with E-state index in [4.69, 9.17) is 0 Å². The first-order chi connectivity index (χ1) is 10.3. The maximum Gasteiger partial charge on any atom is 0.193 e. The Kier molecular flexibility index (Phi) is 3.61. The van der Waals surface area contributed by atoms with Gasteiger partial charge in [-0.2, -0.15) is 0 Å². The zero-order chi connectivity index (χ0) is 14.7. The van der Waals surface area contributed by atoms with Gasteiger partial charge in [0.15, 0.2) is 5.78 Å². The van der Waals surface area contributed by atoms with Crippen molar-refractivity contribution in [2.24, 2.45) is 0 Å². The second kappa shape index (κ2) is 5.71. The van der Waals surface area contributed by atoms with Crippen molar-refractivity contribution in [2.75, 3.05) is 0 Å². The number of rotatable bonds is 3. The standard InChI is InChI=1S/C19H13FO/c20-16-12-10-15(11-13-16)19(21)18-9-5-4-8-17(18)14-6-2-1-3-7-14/h1-13H. The summed E-state index contributed by atoms with van der Waals surface area (Å²) in [6.45, 7) is 0. The Morgan fingerprint density at radius 2 is 1.33 bits per heavy atom. The van der Waals surface area contributed by atoms with Crippen molar-refractivity contribution in [2.45, 2.75) is 0 Å². The van der Waals surface area contributed by atoms with Crippen molar-refractivity contribution in [1.82, 2.24) is 0 Å². The molecule has 21 heavy (non-hydrogen) atoms. The fraction of sp³-hybridized carbons (Fsp3) is 0. The highest BCUT2D eigenvalue weighted by Gasteiger charge is 2.14. The highest BCUT2D eigenvalue weighted by Crippen LogP contribution is 2.25. The minimum Gasteiger partial charge on any atom is -0.289 e. The van der Waals surface area contributed by atoms with E-state index >= 15 is 0 Å². The Bertz CT molecular complexity index is 761. The highest BCUT2D eigenvalue weighted by atomic mass is 19.1. The van der Waals surface area contributed by atoms with Crippen molar-refractivity contribution < 1.29 is 9.18 Å². The van der Waals surface area contributed by atoms with Gasteiger partial charge in [0.2, 0.25) is 0 Å². The second-order valence-corrected chi connectivity index (χ2v) is 4.75. The summed E-state index contributed by atoms with van der Waals surface area (Å²) in [6, 6.07) is 22.9. The Balaban J connectivity index is 2.07. The Hall–Kier alpha value is -2.74. The number of carbonyl (C=O) groups is 1. The third-order valence-corrected chi connectivity index (χ3v) is 3.36. The molecule has 2 heteroatoms. The topological polar surface area (TPSA) is 17.1 Å². The van der Waals surface area contributed by atoms with Crippen LogP contribution in [-0.4, -0.2) is 5.78 Å². The Morgan fingerprint density at radius 3 is 2.05 bits per heavy atom. The van der Waals surface area contributed by atoms with Crippen LogP contribution in [0.25, 0.3) is 11.1 Å². The summed E-state index contributed by atoms with van der Waals surface area (Å²) in [5.41, 5.74) is 2.98. The van der Waals surface area contributed by atoms with Crippen LogP contribution in [-0.2, 0) is 0 Å². The van der Waals surface area contributed by atoms with E-state index in [-0.39, 0.29) is 11.6 Å². The number of halogens is 1. The van der Waals surface area contributed by atoms with E-state index in [1.807, 2.05) is 48.5 Å². The summed E-state index contributed by atoms with van der Waals surface area (Å²) in [5.74, 6) is -0.447. The maximum absolute atomic E-state index is 13.0. The molecule has 0 fully saturated rings. The van der Waals surface area contributed by atoms with Gasteiger partial charge >= 0.3 is 0 Å². The minimum atomic E-state index is -0.345. The first-order valence-corrected chi connectivity index (χ1v) is 6.70. The van der Waals surface area contributed by atoms with Gasteiger partial charge in [-0.05, 0) is 35.4 Å². The molecular formula is C19H13FO. The van der Waals surface area contributed by atoms with Crippen molar-refractivity contribution >= 4 is 5.78 Å². The molecule has 0 atom stereocenters. The molecule has 0 spiro atoms. The van der Waals surface area contributed by atoms with Gasteiger partial charge in [0, 0.05) is 11.1 Å². The second-order valence-electron chi connectivity index (χ2n) is 4.75. The SMILES string of the molecule is O=C(c1ccc(F)cc1)c1ccccc1-c1ccccc1. The van der Waals surface area contributed by atoms with Crippen LogP contribution >= 0.6 is 0 Å². The lowest BCUT2D eigenvalue weighted by Crippen LogP contribution is -2.03. The van der Waals surface area contributed by atoms with E-state index in [1.165, 1.54) is 24.3 Å². The van der Waals surface area contributed by atoms with Gasteiger partial charge in [0.05, 0.1) is 0 Å². The zero-order valence-corrected chi connectivity index (χ0v) is 11.3. The molecule has 0 aromatic heterocycles. The van der Waals surface area contributed by atoms with Gasteiger partial charge in [-0.25, -0.2) is 4.39 Å². The minimum absolute atomic E-state index is 0.102. The molecule has 0 aliphatic carbocycles.